The van der Waals surface area contributed by atoms with Crippen molar-refractivity contribution in [2.24, 2.45) is 0 Å². The molecule has 36 heavy (non-hydrogen) atoms. The first-order valence-corrected chi connectivity index (χ1v) is 11.6. The van der Waals surface area contributed by atoms with Gasteiger partial charge in [0.15, 0.2) is 5.69 Å². The number of rotatable bonds is 5. The Morgan fingerprint density at radius 2 is 1.50 bits per heavy atom. The van der Waals surface area contributed by atoms with Crippen molar-refractivity contribution in [1.29, 1.82) is 0 Å². The molecule has 0 aliphatic carbocycles. The number of hydrogen-bond donors (Lipinski definition) is 0. The van der Waals surface area contributed by atoms with E-state index in [-0.39, 0.29) is 49.3 Å². The Morgan fingerprint density at radius 1 is 0.944 bits per heavy atom. The first-order chi connectivity index (χ1) is 17.0. The molecule has 2 aromatic carbocycles. The minimum Gasteiger partial charge on any atom is -0.466 e. The summed E-state index contributed by atoms with van der Waals surface area (Å²) in [6.07, 6.45) is -5.66. The van der Waals surface area contributed by atoms with Crippen LogP contribution in [0.25, 0.3) is 22.3 Å². The second kappa shape index (κ2) is 9.93. The number of aromatic nitrogens is 4. The molecule has 0 fully saturated rings. The number of esters is 1. The summed E-state index contributed by atoms with van der Waals surface area (Å²) in [5, 5.41) is 6.81. The maximum atomic E-state index is 14.2. The van der Waals surface area contributed by atoms with Gasteiger partial charge in [0.2, 0.25) is 0 Å². The monoisotopic (exact) mass is 578 g/mol. The van der Waals surface area contributed by atoms with Gasteiger partial charge < -0.3 is 4.74 Å². The van der Waals surface area contributed by atoms with E-state index in [0.29, 0.717) is 4.68 Å². The molecule has 0 saturated heterocycles. The van der Waals surface area contributed by atoms with Crippen LogP contribution in [0.3, 0.4) is 0 Å². The lowest BCUT2D eigenvalue weighted by Gasteiger charge is -2.13. The molecule has 0 radical (unpaired) electrons. The van der Waals surface area contributed by atoms with E-state index in [1.165, 1.54) is 36.4 Å². The Labute approximate surface area is 220 Å². The van der Waals surface area contributed by atoms with Gasteiger partial charge >= 0.3 is 12.1 Å². The molecule has 0 N–H and O–H groups in total. The lowest BCUT2D eigenvalue weighted by molar-refractivity contribution is -0.142. The van der Waals surface area contributed by atoms with Gasteiger partial charge in [0.25, 0.3) is 5.56 Å². The van der Waals surface area contributed by atoms with Gasteiger partial charge in [0, 0.05) is 0 Å². The van der Waals surface area contributed by atoms with Gasteiger partial charge in [-0.15, -0.1) is 0 Å². The zero-order valence-electron chi connectivity index (χ0n) is 18.0. The van der Waals surface area contributed by atoms with Crippen LogP contribution in [0.15, 0.2) is 41.2 Å². The maximum Gasteiger partial charge on any atom is 0.436 e. The summed E-state index contributed by atoms with van der Waals surface area (Å²) in [7, 11) is 0. The third-order valence-electron chi connectivity index (χ3n) is 4.99. The van der Waals surface area contributed by atoms with Crippen molar-refractivity contribution in [2.45, 2.75) is 19.5 Å². The number of nitrogens with zero attached hydrogens (tertiary/aromatic N) is 4. The molecule has 188 valence electrons. The average molecular weight is 580 g/mol. The fraction of sp³-hybridized carbons (Fsp3) is 0.182. The highest BCUT2D eigenvalue weighted by atomic mass is 35.5. The quantitative estimate of drug-likeness (QED) is 0.259. The van der Waals surface area contributed by atoms with Crippen molar-refractivity contribution < 1.29 is 22.7 Å². The van der Waals surface area contributed by atoms with Crippen molar-refractivity contribution in [2.75, 3.05) is 6.61 Å². The van der Waals surface area contributed by atoms with E-state index in [4.69, 9.17) is 51.1 Å². The predicted octanol–water partition coefficient (Wildman–Crippen LogP) is 6.31. The standard InChI is InChI=1S/C22H13Cl4F3N4O3/c1-2-36-15(34)9-12-19-16(21(35)33(30-12)14-8-4-6-11(24)18(14)26)20(22(27,28)29)31-32(19)13-7-3-5-10(23)17(13)25/h3-8H,2,9H2,1H3. The van der Waals surface area contributed by atoms with E-state index in [9.17, 15) is 22.8 Å². The number of carbonyl (C=O) groups is 1. The molecule has 0 atom stereocenters. The van der Waals surface area contributed by atoms with Gasteiger partial charge in [-0.3, -0.25) is 9.59 Å². The van der Waals surface area contributed by atoms with E-state index in [2.05, 4.69) is 10.2 Å². The van der Waals surface area contributed by atoms with Crippen molar-refractivity contribution >= 4 is 63.3 Å². The number of fused-ring (bicyclic) bond motifs is 1. The van der Waals surface area contributed by atoms with Crippen LogP contribution < -0.4 is 5.56 Å². The molecule has 4 aromatic rings. The molecule has 0 aliphatic rings. The number of alkyl halides is 3. The number of hydrogen-bond acceptors (Lipinski definition) is 5. The highest BCUT2D eigenvalue weighted by Crippen LogP contribution is 2.37. The largest absolute Gasteiger partial charge is 0.466 e. The molecule has 2 aromatic heterocycles. The van der Waals surface area contributed by atoms with E-state index < -0.39 is 35.2 Å². The van der Waals surface area contributed by atoms with Gasteiger partial charge in [-0.2, -0.15) is 28.1 Å². The Bertz CT molecular complexity index is 1570. The summed E-state index contributed by atoms with van der Waals surface area (Å²) in [6, 6.07) is 8.43. The number of benzene rings is 2. The molecule has 2 heterocycles. The summed E-state index contributed by atoms with van der Waals surface area (Å²) in [6.45, 7) is 1.57. The van der Waals surface area contributed by atoms with Crippen molar-refractivity contribution in [3.05, 3.63) is 78.2 Å². The molecule has 4 rings (SSSR count). The second-order valence-electron chi connectivity index (χ2n) is 7.27. The molecule has 0 spiro atoms. The lowest BCUT2D eigenvalue weighted by atomic mass is 10.1. The van der Waals surface area contributed by atoms with Gasteiger partial charge in [0.05, 0.1) is 50.2 Å². The molecule has 0 amide bonds. The lowest BCUT2D eigenvalue weighted by Crippen LogP contribution is -2.26. The number of ether oxygens (including phenoxy) is 1. The minimum atomic E-state index is -5.06. The fourth-order valence-electron chi connectivity index (χ4n) is 3.52. The van der Waals surface area contributed by atoms with Crippen LogP contribution in [0.2, 0.25) is 20.1 Å². The summed E-state index contributed by atoms with van der Waals surface area (Å²) in [4.78, 5) is 25.9. The normalized spacial score (nSPS) is 11.8. The predicted molar refractivity (Wildman–Crippen MR) is 130 cm³/mol. The van der Waals surface area contributed by atoms with E-state index in [1.54, 1.807) is 6.92 Å². The van der Waals surface area contributed by atoms with Crippen LogP contribution >= 0.6 is 46.4 Å². The van der Waals surface area contributed by atoms with Crippen molar-refractivity contribution in [1.82, 2.24) is 19.6 Å². The van der Waals surface area contributed by atoms with Gasteiger partial charge in [0.1, 0.15) is 10.9 Å². The minimum absolute atomic E-state index is 0.00885. The van der Waals surface area contributed by atoms with Gasteiger partial charge in [-0.1, -0.05) is 58.5 Å². The topological polar surface area (TPSA) is 79.0 Å². The average Bonchev–Trinajstić information content (AvgIpc) is 3.22. The Balaban J connectivity index is 2.19. The molecular formula is C22H13Cl4F3N4O3. The third kappa shape index (κ3) is 4.66. The van der Waals surface area contributed by atoms with Gasteiger partial charge in [-0.25, -0.2) is 4.68 Å². The zero-order valence-corrected chi connectivity index (χ0v) is 21.1. The molecule has 0 aliphatic heterocycles. The summed E-state index contributed by atoms with van der Waals surface area (Å²) >= 11 is 24.6. The zero-order chi connectivity index (χ0) is 26.4. The van der Waals surface area contributed by atoms with Gasteiger partial charge in [-0.05, 0) is 31.2 Å². The van der Waals surface area contributed by atoms with Crippen LogP contribution in [0.1, 0.15) is 18.3 Å². The Kier molecular flexibility index (Phi) is 7.25. The summed E-state index contributed by atoms with van der Waals surface area (Å²) in [5.74, 6) is -0.799. The number of carbonyl (C=O) groups excluding carboxylic acids is 1. The number of halogens is 7. The first-order valence-electron chi connectivity index (χ1n) is 10.1. The van der Waals surface area contributed by atoms with E-state index >= 15 is 0 Å². The summed E-state index contributed by atoms with van der Waals surface area (Å²) in [5.41, 5.74) is -3.51. The molecular weight excluding hydrogens is 567 g/mol. The van der Waals surface area contributed by atoms with E-state index in [1.807, 2.05) is 0 Å². The Morgan fingerprint density at radius 3 is 2.03 bits per heavy atom. The van der Waals surface area contributed by atoms with Crippen molar-refractivity contribution in [3.8, 4) is 11.4 Å². The Hall–Kier alpha value is -2.79. The highest BCUT2D eigenvalue weighted by Gasteiger charge is 2.40. The van der Waals surface area contributed by atoms with Crippen LogP contribution in [-0.2, 0) is 22.1 Å². The van der Waals surface area contributed by atoms with E-state index in [0.717, 1.165) is 4.68 Å². The molecule has 7 nitrogen and oxygen atoms in total. The third-order valence-corrected chi connectivity index (χ3v) is 6.61. The summed E-state index contributed by atoms with van der Waals surface area (Å²) < 4.78 is 48.9. The van der Waals surface area contributed by atoms with Crippen LogP contribution in [0, 0.1) is 0 Å². The fourth-order valence-corrected chi connectivity index (χ4v) is 4.27. The SMILES string of the molecule is CCOC(=O)Cc1nn(-c2cccc(Cl)c2Cl)c(=O)c2c(C(F)(F)F)nn(-c3cccc(Cl)c3Cl)c12. The molecule has 0 saturated carbocycles. The van der Waals surface area contributed by atoms with Crippen LogP contribution in [0.5, 0.6) is 0 Å². The molecule has 14 heteroatoms. The first kappa shape index (κ1) is 26.3. The highest BCUT2D eigenvalue weighted by molar-refractivity contribution is 6.43. The molecule has 0 bridgehead atoms. The molecule has 0 unspecified atom stereocenters. The van der Waals surface area contributed by atoms with Crippen LogP contribution in [-0.4, -0.2) is 32.1 Å². The smallest absolute Gasteiger partial charge is 0.436 e. The van der Waals surface area contributed by atoms with Crippen LogP contribution in [0.4, 0.5) is 13.2 Å². The van der Waals surface area contributed by atoms with Crippen molar-refractivity contribution in [3.63, 3.8) is 0 Å². The second-order valence-corrected chi connectivity index (χ2v) is 8.84. The maximum absolute atomic E-state index is 14.2.